The Morgan fingerprint density at radius 1 is 1.46 bits per heavy atom. The molecule has 0 saturated carbocycles. The fourth-order valence-corrected chi connectivity index (χ4v) is 1.01. The van der Waals surface area contributed by atoms with E-state index in [0.29, 0.717) is 0 Å². The summed E-state index contributed by atoms with van der Waals surface area (Å²) in [5, 5.41) is 8.45. The number of aliphatic carboxylic acids is 1. The lowest BCUT2D eigenvalue weighted by molar-refractivity contribution is -0.137. The van der Waals surface area contributed by atoms with Gasteiger partial charge in [-0.05, 0) is 12.8 Å². The van der Waals surface area contributed by atoms with Crippen molar-refractivity contribution in [1.29, 1.82) is 0 Å². The second kappa shape index (κ2) is 7.80. The molecule has 3 nitrogen and oxygen atoms in total. The quantitative estimate of drug-likeness (QED) is 0.470. The largest absolute Gasteiger partial charge is 0.480 e. The molecule has 76 valence electrons. The van der Waals surface area contributed by atoms with Crippen LogP contribution in [0.2, 0.25) is 0 Å². The zero-order chi connectivity index (χ0) is 10.1. The predicted molar refractivity (Wildman–Crippen MR) is 53.5 cm³/mol. The standard InChI is InChI=1S/C10H19NO2/c1-2-3-4-5-6-7-8-9(11)10(12)13/h7-9H,2-6,11H2,1H3,(H,12,13)/b8-7+. The molecule has 0 rings (SSSR count). The van der Waals surface area contributed by atoms with Crippen LogP contribution in [0.15, 0.2) is 12.2 Å². The van der Waals surface area contributed by atoms with Gasteiger partial charge in [-0.1, -0.05) is 38.3 Å². The van der Waals surface area contributed by atoms with Crippen molar-refractivity contribution in [2.24, 2.45) is 5.73 Å². The summed E-state index contributed by atoms with van der Waals surface area (Å²) >= 11 is 0. The molecule has 0 spiro atoms. The number of hydrogen-bond donors (Lipinski definition) is 2. The van der Waals surface area contributed by atoms with Crippen molar-refractivity contribution in [2.75, 3.05) is 0 Å². The molecule has 3 heteroatoms. The lowest BCUT2D eigenvalue weighted by Gasteiger charge is -1.98. The molecule has 0 fully saturated rings. The summed E-state index contributed by atoms with van der Waals surface area (Å²) in [5.74, 6) is -0.968. The molecule has 1 unspecified atom stereocenters. The van der Waals surface area contributed by atoms with E-state index in [0.717, 1.165) is 12.8 Å². The van der Waals surface area contributed by atoms with Crippen LogP contribution < -0.4 is 5.73 Å². The van der Waals surface area contributed by atoms with E-state index in [4.69, 9.17) is 10.8 Å². The van der Waals surface area contributed by atoms with Crippen LogP contribution in [0.3, 0.4) is 0 Å². The fraction of sp³-hybridized carbons (Fsp3) is 0.700. The molecule has 0 aromatic carbocycles. The molecule has 3 N–H and O–H groups in total. The maximum atomic E-state index is 10.3. The van der Waals surface area contributed by atoms with Crippen LogP contribution in [0.1, 0.15) is 39.0 Å². The van der Waals surface area contributed by atoms with Gasteiger partial charge in [0.15, 0.2) is 0 Å². The average Bonchev–Trinajstić information content (AvgIpc) is 2.10. The minimum Gasteiger partial charge on any atom is -0.480 e. The average molecular weight is 185 g/mol. The second-order valence-electron chi connectivity index (χ2n) is 3.14. The van der Waals surface area contributed by atoms with Gasteiger partial charge in [0.1, 0.15) is 6.04 Å². The highest BCUT2D eigenvalue weighted by atomic mass is 16.4. The van der Waals surface area contributed by atoms with Crippen molar-refractivity contribution in [3.8, 4) is 0 Å². The number of nitrogens with two attached hydrogens (primary N) is 1. The smallest absolute Gasteiger partial charge is 0.324 e. The molecule has 0 radical (unpaired) electrons. The van der Waals surface area contributed by atoms with Crippen LogP contribution in [0.5, 0.6) is 0 Å². The molecule has 0 amide bonds. The lowest BCUT2D eigenvalue weighted by Crippen LogP contribution is -2.27. The summed E-state index contributed by atoms with van der Waals surface area (Å²) in [6.07, 6.45) is 9.14. The molecule has 0 aromatic heterocycles. The summed E-state index contributed by atoms with van der Waals surface area (Å²) in [6.45, 7) is 2.16. The third-order valence-corrected chi connectivity index (χ3v) is 1.85. The van der Waals surface area contributed by atoms with Gasteiger partial charge in [0.05, 0.1) is 0 Å². The first-order chi connectivity index (χ1) is 6.18. The van der Waals surface area contributed by atoms with Crippen LogP contribution in [-0.4, -0.2) is 17.1 Å². The minimum absolute atomic E-state index is 0.842. The topological polar surface area (TPSA) is 63.3 Å². The lowest BCUT2D eigenvalue weighted by atomic mass is 10.1. The number of rotatable bonds is 7. The Balaban J connectivity index is 3.35. The fourth-order valence-electron chi connectivity index (χ4n) is 1.01. The van der Waals surface area contributed by atoms with Gasteiger partial charge in [-0.2, -0.15) is 0 Å². The maximum absolute atomic E-state index is 10.3. The van der Waals surface area contributed by atoms with E-state index in [1.54, 1.807) is 6.08 Å². The Bertz CT molecular complexity index is 166. The van der Waals surface area contributed by atoms with Crippen molar-refractivity contribution in [3.63, 3.8) is 0 Å². The normalized spacial score (nSPS) is 13.4. The highest BCUT2D eigenvalue weighted by Crippen LogP contribution is 2.02. The molecule has 13 heavy (non-hydrogen) atoms. The van der Waals surface area contributed by atoms with E-state index in [1.165, 1.54) is 19.3 Å². The predicted octanol–water partition coefficient (Wildman–Crippen LogP) is 1.92. The first-order valence-corrected chi connectivity index (χ1v) is 4.83. The molecule has 0 bridgehead atoms. The van der Waals surface area contributed by atoms with Gasteiger partial charge in [0.2, 0.25) is 0 Å². The van der Waals surface area contributed by atoms with Gasteiger partial charge in [0, 0.05) is 0 Å². The summed E-state index contributed by atoms with van der Waals surface area (Å²) in [5.41, 5.74) is 5.27. The maximum Gasteiger partial charge on any atom is 0.324 e. The molecular weight excluding hydrogens is 166 g/mol. The Morgan fingerprint density at radius 2 is 2.15 bits per heavy atom. The molecule has 0 aliphatic rings. The zero-order valence-electron chi connectivity index (χ0n) is 8.20. The Kier molecular flexibility index (Phi) is 7.30. The van der Waals surface area contributed by atoms with Crippen molar-refractivity contribution in [2.45, 2.75) is 45.1 Å². The SMILES string of the molecule is CCCCCC/C=C/C(N)C(=O)O. The Morgan fingerprint density at radius 3 is 2.69 bits per heavy atom. The van der Waals surface area contributed by atoms with Crippen LogP contribution in [0.4, 0.5) is 0 Å². The zero-order valence-corrected chi connectivity index (χ0v) is 8.20. The van der Waals surface area contributed by atoms with E-state index in [1.807, 2.05) is 6.08 Å². The van der Waals surface area contributed by atoms with Crippen LogP contribution in [0.25, 0.3) is 0 Å². The number of carboxylic acid groups (broad SMARTS) is 1. The molecule has 1 atom stereocenters. The number of allylic oxidation sites excluding steroid dienone is 1. The molecule has 0 aliphatic heterocycles. The van der Waals surface area contributed by atoms with Gasteiger partial charge in [-0.3, -0.25) is 4.79 Å². The molecule has 0 aromatic rings. The van der Waals surface area contributed by atoms with E-state index in [9.17, 15) is 4.79 Å². The van der Waals surface area contributed by atoms with Crippen LogP contribution in [-0.2, 0) is 4.79 Å². The number of hydrogen-bond acceptors (Lipinski definition) is 2. The molecule has 0 aliphatic carbocycles. The number of unbranched alkanes of at least 4 members (excludes halogenated alkanes) is 4. The van der Waals surface area contributed by atoms with E-state index in [2.05, 4.69) is 6.92 Å². The van der Waals surface area contributed by atoms with Gasteiger partial charge in [-0.15, -0.1) is 0 Å². The van der Waals surface area contributed by atoms with E-state index in [-0.39, 0.29) is 0 Å². The van der Waals surface area contributed by atoms with Gasteiger partial charge in [0.25, 0.3) is 0 Å². The summed E-state index contributed by atoms with van der Waals surface area (Å²) < 4.78 is 0. The van der Waals surface area contributed by atoms with Crippen molar-refractivity contribution in [3.05, 3.63) is 12.2 Å². The van der Waals surface area contributed by atoms with Gasteiger partial charge < -0.3 is 10.8 Å². The first-order valence-electron chi connectivity index (χ1n) is 4.83. The Hall–Kier alpha value is -0.830. The second-order valence-corrected chi connectivity index (χ2v) is 3.14. The van der Waals surface area contributed by atoms with E-state index < -0.39 is 12.0 Å². The van der Waals surface area contributed by atoms with Crippen LogP contribution >= 0.6 is 0 Å². The van der Waals surface area contributed by atoms with E-state index >= 15 is 0 Å². The summed E-state index contributed by atoms with van der Waals surface area (Å²) in [7, 11) is 0. The molecule has 0 saturated heterocycles. The van der Waals surface area contributed by atoms with Crippen molar-refractivity contribution in [1.82, 2.24) is 0 Å². The van der Waals surface area contributed by atoms with Gasteiger partial charge >= 0.3 is 5.97 Å². The van der Waals surface area contributed by atoms with Crippen molar-refractivity contribution < 1.29 is 9.90 Å². The Labute approximate surface area is 79.6 Å². The highest BCUT2D eigenvalue weighted by Gasteiger charge is 2.04. The summed E-state index contributed by atoms with van der Waals surface area (Å²) in [6, 6.07) is -0.842. The summed E-state index contributed by atoms with van der Waals surface area (Å²) in [4.78, 5) is 10.3. The molecule has 0 heterocycles. The minimum atomic E-state index is -0.968. The monoisotopic (exact) mass is 185 g/mol. The molecular formula is C10H19NO2. The van der Waals surface area contributed by atoms with Crippen molar-refractivity contribution >= 4 is 5.97 Å². The third kappa shape index (κ3) is 7.53. The van der Waals surface area contributed by atoms with Gasteiger partial charge in [-0.25, -0.2) is 0 Å². The highest BCUT2D eigenvalue weighted by molar-refractivity contribution is 5.75. The first kappa shape index (κ1) is 12.2. The number of carbonyl (C=O) groups is 1. The third-order valence-electron chi connectivity index (χ3n) is 1.85. The number of carboxylic acids is 1. The van der Waals surface area contributed by atoms with Crippen LogP contribution in [0, 0.1) is 0 Å².